The lowest BCUT2D eigenvalue weighted by molar-refractivity contribution is -0.138. The highest BCUT2D eigenvalue weighted by atomic mass is 16.5. The van der Waals surface area contributed by atoms with Gasteiger partial charge in [-0.1, -0.05) is 29.8 Å². The van der Waals surface area contributed by atoms with E-state index in [0.29, 0.717) is 16.9 Å². The summed E-state index contributed by atoms with van der Waals surface area (Å²) < 4.78 is 5.22. The number of aliphatic carboxylic acids is 1. The Morgan fingerprint density at radius 3 is 2.52 bits per heavy atom. The fourth-order valence-electron chi connectivity index (χ4n) is 2.79. The van der Waals surface area contributed by atoms with Crippen molar-refractivity contribution in [2.24, 2.45) is 0 Å². The van der Waals surface area contributed by atoms with Gasteiger partial charge in [0.25, 0.3) is 5.91 Å². The maximum Gasteiger partial charge on any atom is 0.306 e. The van der Waals surface area contributed by atoms with Gasteiger partial charge in [0.05, 0.1) is 19.1 Å². The fourth-order valence-corrected chi connectivity index (χ4v) is 2.79. The SMILES string of the molecule is COc1cccc(C(C)(CC(=O)O)NC(=O)c2cc(C)ccc2C)c1. The Morgan fingerprint density at radius 1 is 1.16 bits per heavy atom. The van der Waals surface area contributed by atoms with E-state index in [1.807, 2.05) is 26.0 Å². The zero-order valence-electron chi connectivity index (χ0n) is 14.9. The predicted octanol–water partition coefficient (Wildman–Crippen LogP) is 3.43. The van der Waals surface area contributed by atoms with E-state index in [9.17, 15) is 14.7 Å². The van der Waals surface area contributed by atoms with Crippen LogP contribution in [0.15, 0.2) is 42.5 Å². The zero-order chi connectivity index (χ0) is 18.6. The van der Waals surface area contributed by atoms with Crippen molar-refractivity contribution in [3.8, 4) is 5.75 Å². The summed E-state index contributed by atoms with van der Waals surface area (Å²) in [4.78, 5) is 24.2. The van der Waals surface area contributed by atoms with Crippen LogP contribution in [0.4, 0.5) is 0 Å². The molecule has 0 fully saturated rings. The van der Waals surface area contributed by atoms with Crippen molar-refractivity contribution in [3.05, 3.63) is 64.7 Å². The number of carbonyl (C=O) groups is 2. The van der Waals surface area contributed by atoms with Gasteiger partial charge in [0, 0.05) is 5.56 Å². The van der Waals surface area contributed by atoms with Crippen molar-refractivity contribution in [2.75, 3.05) is 7.11 Å². The van der Waals surface area contributed by atoms with Crippen LogP contribution in [0.5, 0.6) is 5.75 Å². The topological polar surface area (TPSA) is 75.6 Å². The summed E-state index contributed by atoms with van der Waals surface area (Å²) in [5, 5.41) is 12.2. The molecule has 5 nitrogen and oxygen atoms in total. The Labute approximate surface area is 147 Å². The molecule has 0 bridgehead atoms. The molecule has 2 rings (SSSR count). The lowest BCUT2D eigenvalue weighted by atomic mass is 9.87. The molecule has 5 heteroatoms. The molecule has 0 aromatic heterocycles. The minimum Gasteiger partial charge on any atom is -0.497 e. The third kappa shape index (κ3) is 4.38. The molecule has 0 heterocycles. The van der Waals surface area contributed by atoms with Crippen LogP contribution in [0.1, 0.15) is 40.4 Å². The van der Waals surface area contributed by atoms with Crippen LogP contribution in [0.25, 0.3) is 0 Å². The zero-order valence-corrected chi connectivity index (χ0v) is 14.9. The van der Waals surface area contributed by atoms with Crippen LogP contribution in [0.3, 0.4) is 0 Å². The van der Waals surface area contributed by atoms with Gasteiger partial charge < -0.3 is 15.2 Å². The summed E-state index contributed by atoms with van der Waals surface area (Å²) in [6.45, 7) is 5.47. The van der Waals surface area contributed by atoms with Gasteiger partial charge in [-0.3, -0.25) is 9.59 Å². The highest BCUT2D eigenvalue weighted by molar-refractivity contribution is 5.96. The average molecular weight is 341 g/mol. The van der Waals surface area contributed by atoms with Crippen molar-refractivity contribution >= 4 is 11.9 Å². The van der Waals surface area contributed by atoms with Crippen molar-refractivity contribution < 1.29 is 19.4 Å². The standard InChI is InChI=1S/C20H23NO4/c1-13-8-9-14(2)17(10-13)19(24)21-20(3,12-18(22)23)15-6-5-7-16(11-15)25-4/h5-11H,12H2,1-4H3,(H,21,24)(H,22,23). The van der Waals surface area contributed by atoms with E-state index >= 15 is 0 Å². The third-order valence-corrected chi connectivity index (χ3v) is 4.24. The van der Waals surface area contributed by atoms with Crippen LogP contribution >= 0.6 is 0 Å². The number of hydrogen-bond donors (Lipinski definition) is 2. The first-order chi connectivity index (χ1) is 11.7. The quantitative estimate of drug-likeness (QED) is 0.844. The molecule has 132 valence electrons. The lowest BCUT2D eigenvalue weighted by Gasteiger charge is -2.30. The highest BCUT2D eigenvalue weighted by Gasteiger charge is 2.32. The summed E-state index contributed by atoms with van der Waals surface area (Å²) in [7, 11) is 1.54. The normalized spacial score (nSPS) is 13.0. The minimum atomic E-state index is -1.06. The number of rotatable bonds is 6. The van der Waals surface area contributed by atoms with E-state index < -0.39 is 11.5 Å². The van der Waals surface area contributed by atoms with Crippen LogP contribution < -0.4 is 10.1 Å². The number of amides is 1. The third-order valence-electron chi connectivity index (χ3n) is 4.24. The molecule has 2 aromatic rings. The number of hydrogen-bond acceptors (Lipinski definition) is 3. The lowest BCUT2D eigenvalue weighted by Crippen LogP contribution is -2.45. The van der Waals surface area contributed by atoms with Gasteiger partial charge >= 0.3 is 5.97 Å². The Bertz CT molecular complexity index is 800. The molecule has 1 atom stereocenters. The summed E-state index contributed by atoms with van der Waals surface area (Å²) in [6, 6.07) is 12.7. The van der Waals surface area contributed by atoms with Crippen molar-refractivity contribution in [1.82, 2.24) is 5.32 Å². The second-order valence-corrected chi connectivity index (χ2v) is 6.41. The Hall–Kier alpha value is -2.82. The van der Waals surface area contributed by atoms with Gasteiger partial charge in [0.2, 0.25) is 0 Å². The molecule has 1 amide bonds. The number of carbonyl (C=O) groups excluding carboxylic acids is 1. The molecule has 0 radical (unpaired) electrons. The smallest absolute Gasteiger partial charge is 0.306 e. The van der Waals surface area contributed by atoms with Crippen molar-refractivity contribution in [2.45, 2.75) is 32.7 Å². The Morgan fingerprint density at radius 2 is 1.88 bits per heavy atom. The monoisotopic (exact) mass is 341 g/mol. The van der Waals surface area contributed by atoms with Crippen molar-refractivity contribution in [1.29, 1.82) is 0 Å². The second-order valence-electron chi connectivity index (χ2n) is 6.41. The first-order valence-electron chi connectivity index (χ1n) is 8.01. The van der Waals surface area contributed by atoms with Crippen LogP contribution in [-0.4, -0.2) is 24.1 Å². The van der Waals surface area contributed by atoms with Gasteiger partial charge in [-0.25, -0.2) is 0 Å². The van der Waals surface area contributed by atoms with Gasteiger partial charge in [-0.15, -0.1) is 0 Å². The minimum absolute atomic E-state index is 0.239. The first kappa shape index (κ1) is 18.5. The maximum atomic E-state index is 12.8. The largest absolute Gasteiger partial charge is 0.497 e. The van der Waals surface area contributed by atoms with Gasteiger partial charge in [-0.2, -0.15) is 0 Å². The fraction of sp³-hybridized carbons (Fsp3) is 0.300. The molecule has 0 aliphatic carbocycles. The molecule has 0 spiro atoms. The molecule has 25 heavy (non-hydrogen) atoms. The van der Waals surface area contributed by atoms with E-state index in [2.05, 4.69) is 5.32 Å². The van der Waals surface area contributed by atoms with Crippen molar-refractivity contribution in [3.63, 3.8) is 0 Å². The summed E-state index contributed by atoms with van der Waals surface area (Å²) in [6.07, 6.45) is -0.239. The number of carboxylic acids is 1. The Balaban J connectivity index is 2.41. The van der Waals surface area contributed by atoms with Gasteiger partial charge in [-0.05, 0) is 50.1 Å². The highest BCUT2D eigenvalue weighted by Crippen LogP contribution is 2.28. The predicted molar refractivity (Wildman–Crippen MR) is 96.0 cm³/mol. The second kappa shape index (κ2) is 7.38. The number of nitrogens with one attached hydrogen (secondary N) is 1. The van der Waals surface area contributed by atoms with Gasteiger partial charge in [0.1, 0.15) is 5.75 Å². The van der Waals surface area contributed by atoms with E-state index in [1.165, 1.54) is 0 Å². The number of carboxylic acid groups (broad SMARTS) is 1. The van der Waals surface area contributed by atoms with Crippen LogP contribution in [-0.2, 0) is 10.3 Å². The summed E-state index contributed by atoms with van der Waals surface area (Å²) in [5.74, 6) is -0.686. The van der Waals surface area contributed by atoms with Gasteiger partial charge in [0.15, 0.2) is 0 Å². The van der Waals surface area contributed by atoms with E-state index in [-0.39, 0.29) is 12.3 Å². The molecular weight excluding hydrogens is 318 g/mol. The number of aryl methyl sites for hydroxylation is 2. The molecule has 0 saturated heterocycles. The number of benzene rings is 2. The van der Waals surface area contributed by atoms with Crippen LogP contribution in [0, 0.1) is 13.8 Å². The van der Waals surface area contributed by atoms with E-state index in [1.54, 1.807) is 44.4 Å². The number of methoxy groups -OCH3 is 1. The average Bonchev–Trinajstić information content (AvgIpc) is 2.56. The summed E-state index contributed by atoms with van der Waals surface area (Å²) >= 11 is 0. The molecule has 2 N–H and O–H groups in total. The number of ether oxygens (including phenoxy) is 1. The molecule has 2 aromatic carbocycles. The van der Waals surface area contributed by atoms with Crippen LogP contribution in [0.2, 0.25) is 0 Å². The van der Waals surface area contributed by atoms with E-state index in [4.69, 9.17) is 4.74 Å². The molecule has 0 saturated carbocycles. The molecular formula is C20H23NO4. The first-order valence-corrected chi connectivity index (χ1v) is 8.01. The molecule has 0 aliphatic rings. The van der Waals surface area contributed by atoms with E-state index in [0.717, 1.165) is 11.1 Å². The molecule has 1 unspecified atom stereocenters. The summed E-state index contributed by atoms with van der Waals surface area (Å²) in [5.41, 5.74) is 1.96. The Kier molecular flexibility index (Phi) is 5.47. The maximum absolute atomic E-state index is 12.8. The molecule has 0 aliphatic heterocycles.